The van der Waals surface area contributed by atoms with Gasteiger partial charge in [-0.15, -0.1) is 0 Å². The number of nitrogens with zero attached hydrogens (tertiary/aromatic N) is 2. The number of aryl methyl sites for hydroxylation is 1. The number of H-pyrrole nitrogens is 1. The molecule has 5 nitrogen and oxygen atoms in total. The fourth-order valence-electron chi connectivity index (χ4n) is 2.85. The van der Waals surface area contributed by atoms with E-state index in [2.05, 4.69) is 22.2 Å². The Kier molecular flexibility index (Phi) is 6.08. The third kappa shape index (κ3) is 4.64. The van der Waals surface area contributed by atoms with E-state index in [0.29, 0.717) is 33.4 Å². The molecule has 3 rings (SSSR count). The van der Waals surface area contributed by atoms with E-state index in [1.54, 1.807) is 18.2 Å². The summed E-state index contributed by atoms with van der Waals surface area (Å²) >= 11 is 11.6. The highest BCUT2D eigenvalue weighted by atomic mass is 35.5. The summed E-state index contributed by atoms with van der Waals surface area (Å²) in [6.07, 6.45) is 0.916. The largest absolute Gasteiger partial charge is 0.342 e. The molecule has 1 aromatic heterocycles. The van der Waals surface area contributed by atoms with Gasteiger partial charge >= 0.3 is 0 Å². The topological polar surface area (TPSA) is 61.0 Å². The van der Waals surface area contributed by atoms with E-state index >= 15 is 0 Å². The number of benzene rings is 2. The standard InChI is InChI=1S/C20H21ClN4OS/c1-3-10-25(20(27)23-16-7-5-4-6-13(16)2)12-18-22-17-11-14(21)8-9-15(17)19(26)24-18/h4-9,11H,3,10,12H2,1-2H3,(H,23,27)(H,22,24,26). The first-order chi connectivity index (χ1) is 13.0. The molecule has 0 fully saturated rings. The minimum absolute atomic E-state index is 0.180. The van der Waals surface area contributed by atoms with Crippen molar-refractivity contribution >= 4 is 45.5 Å². The van der Waals surface area contributed by atoms with Crippen LogP contribution in [0.5, 0.6) is 0 Å². The molecule has 0 unspecified atom stereocenters. The molecule has 0 saturated carbocycles. The van der Waals surface area contributed by atoms with Gasteiger partial charge in [-0.05, 0) is 55.4 Å². The van der Waals surface area contributed by atoms with Gasteiger partial charge in [0, 0.05) is 17.3 Å². The monoisotopic (exact) mass is 400 g/mol. The lowest BCUT2D eigenvalue weighted by Gasteiger charge is -2.25. The Morgan fingerprint density at radius 3 is 2.81 bits per heavy atom. The third-order valence-corrected chi connectivity index (χ3v) is 4.82. The molecule has 0 aliphatic rings. The number of hydrogen-bond acceptors (Lipinski definition) is 3. The summed E-state index contributed by atoms with van der Waals surface area (Å²) in [6.45, 7) is 5.26. The molecule has 3 aromatic rings. The summed E-state index contributed by atoms with van der Waals surface area (Å²) in [7, 11) is 0. The maximum absolute atomic E-state index is 12.4. The van der Waals surface area contributed by atoms with Crippen LogP contribution in [-0.2, 0) is 6.54 Å². The van der Waals surface area contributed by atoms with E-state index in [0.717, 1.165) is 24.2 Å². The molecule has 0 saturated heterocycles. The van der Waals surface area contributed by atoms with Crippen LogP contribution >= 0.6 is 23.8 Å². The summed E-state index contributed by atoms with van der Waals surface area (Å²) in [5, 5.41) is 4.96. The number of fused-ring (bicyclic) bond motifs is 1. The SMILES string of the molecule is CCCN(Cc1nc2cc(Cl)ccc2c(=O)[nH]1)C(=S)Nc1ccccc1C. The number of para-hydroxylation sites is 1. The molecule has 140 valence electrons. The molecule has 0 aliphatic carbocycles. The average molecular weight is 401 g/mol. The molecular formula is C20H21ClN4OS. The molecule has 0 spiro atoms. The number of aromatic amines is 1. The first-order valence-electron chi connectivity index (χ1n) is 8.78. The number of nitrogens with one attached hydrogen (secondary N) is 2. The van der Waals surface area contributed by atoms with Crippen LogP contribution in [0, 0.1) is 6.92 Å². The number of thiocarbonyl (C=S) groups is 1. The van der Waals surface area contributed by atoms with E-state index in [9.17, 15) is 4.79 Å². The van der Waals surface area contributed by atoms with Crippen molar-refractivity contribution in [3.63, 3.8) is 0 Å². The summed E-state index contributed by atoms with van der Waals surface area (Å²) in [6, 6.07) is 13.0. The van der Waals surface area contributed by atoms with Crippen molar-refractivity contribution in [2.75, 3.05) is 11.9 Å². The quantitative estimate of drug-likeness (QED) is 0.618. The van der Waals surface area contributed by atoms with Gasteiger partial charge < -0.3 is 15.2 Å². The van der Waals surface area contributed by atoms with Gasteiger partial charge in [0.05, 0.1) is 17.4 Å². The van der Waals surface area contributed by atoms with Crippen molar-refractivity contribution in [1.82, 2.24) is 14.9 Å². The average Bonchev–Trinajstić information content (AvgIpc) is 2.63. The molecule has 0 atom stereocenters. The van der Waals surface area contributed by atoms with Gasteiger partial charge in [-0.25, -0.2) is 4.98 Å². The molecule has 0 bridgehead atoms. The molecule has 1 heterocycles. The number of aromatic nitrogens is 2. The van der Waals surface area contributed by atoms with Crippen molar-refractivity contribution < 1.29 is 0 Å². The Morgan fingerprint density at radius 2 is 2.07 bits per heavy atom. The number of rotatable bonds is 5. The lowest BCUT2D eigenvalue weighted by Crippen LogP contribution is -2.36. The summed E-state index contributed by atoms with van der Waals surface area (Å²) in [5.74, 6) is 0.553. The molecule has 0 aliphatic heterocycles. The zero-order valence-electron chi connectivity index (χ0n) is 15.3. The Balaban J connectivity index is 1.85. The van der Waals surface area contributed by atoms with Gasteiger partial charge in [0.15, 0.2) is 5.11 Å². The number of halogens is 1. The van der Waals surface area contributed by atoms with Crippen LogP contribution < -0.4 is 10.9 Å². The van der Waals surface area contributed by atoms with E-state index in [1.807, 2.05) is 36.1 Å². The molecule has 2 aromatic carbocycles. The van der Waals surface area contributed by atoms with Crippen LogP contribution in [0.25, 0.3) is 10.9 Å². The fraction of sp³-hybridized carbons (Fsp3) is 0.250. The van der Waals surface area contributed by atoms with Crippen molar-refractivity contribution in [2.24, 2.45) is 0 Å². The molecule has 0 amide bonds. The van der Waals surface area contributed by atoms with Crippen LogP contribution in [0.2, 0.25) is 5.02 Å². The summed E-state index contributed by atoms with van der Waals surface area (Å²) in [4.78, 5) is 21.8. The van der Waals surface area contributed by atoms with Gasteiger partial charge in [-0.2, -0.15) is 0 Å². The maximum Gasteiger partial charge on any atom is 0.258 e. The molecule has 0 radical (unpaired) electrons. The number of anilines is 1. The summed E-state index contributed by atoms with van der Waals surface area (Å²) in [5.41, 5.74) is 2.48. The van der Waals surface area contributed by atoms with Gasteiger partial charge in [0.2, 0.25) is 0 Å². The van der Waals surface area contributed by atoms with E-state index < -0.39 is 0 Å². The lowest BCUT2D eigenvalue weighted by atomic mass is 10.2. The van der Waals surface area contributed by atoms with Crippen LogP contribution in [-0.4, -0.2) is 26.5 Å². The van der Waals surface area contributed by atoms with E-state index in [-0.39, 0.29) is 5.56 Å². The van der Waals surface area contributed by atoms with E-state index in [1.165, 1.54) is 0 Å². The first kappa shape index (κ1) is 19.3. The van der Waals surface area contributed by atoms with Gasteiger partial charge in [0.25, 0.3) is 5.56 Å². The highest BCUT2D eigenvalue weighted by Crippen LogP contribution is 2.17. The van der Waals surface area contributed by atoms with Crippen molar-refractivity contribution in [2.45, 2.75) is 26.8 Å². The van der Waals surface area contributed by atoms with Gasteiger partial charge in [0.1, 0.15) is 5.82 Å². The Morgan fingerprint density at radius 1 is 1.30 bits per heavy atom. The highest BCUT2D eigenvalue weighted by molar-refractivity contribution is 7.80. The zero-order valence-corrected chi connectivity index (χ0v) is 16.8. The molecular weight excluding hydrogens is 380 g/mol. The maximum atomic E-state index is 12.4. The second kappa shape index (κ2) is 8.50. The Hall–Kier alpha value is -2.44. The predicted octanol–water partition coefficient (Wildman–Crippen LogP) is 4.49. The van der Waals surface area contributed by atoms with Gasteiger partial charge in [-0.3, -0.25) is 4.79 Å². The minimum atomic E-state index is -0.180. The van der Waals surface area contributed by atoms with Crippen LogP contribution in [0.4, 0.5) is 5.69 Å². The van der Waals surface area contributed by atoms with Crippen LogP contribution in [0.3, 0.4) is 0 Å². The van der Waals surface area contributed by atoms with Crippen LogP contribution in [0.1, 0.15) is 24.7 Å². The van der Waals surface area contributed by atoms with Gasteiger partial charge in [-0.1, -0.05) is 36.7 Å². The Labute approximate surface area is 168 Å². The van der Waals surface area contributed by atoms with Crippen molar-refractivity contribution in [1.29, 1.82) is 0 Å². The third-order valence-electron chi connectivity index (χ3n) is 4.23. The minimum Gasteiger partial charge on any atom is -0.342 e. The molecule has 7 heteroatoms. The molecule has 2 N–H and O–H groups in total. The van der Waals surface area contributed by atoms with Crippen molar-refractivity contribution in [3.05, 3.63) is 69.2 Å². The fourth-order valence-corrected chi connectivity index (χ4v) is 3.28. The zero-order chi connectivity index (χ0) is 19.4. The second-order valence-corrected chi connectivity index (χ2v) is 7.16. The van der Waals surface area contributed by atoms with Crippen molar-refractivity contribution in [3.8, 4) is 0 Å². The normalized spacial score (nSPS) is 10.8. The smallest absolute Gasteiger partial charge is 0.258 e. The number of hydrogen-bond donors (Lipinski definition) is 2. The predicted molar refractivity (Wildman–Crippen MR) is 115 cm³/mol. The second-order valence-electron chi connectivity index (χ2n) is 6.34. The first-order valence-corrected chi connectivity index (χ1v) is 9.56. The lowest BCUT2D eigenvalue weighted by molar-refractivity contribution is 0.406. The Bertz CT molecular complexity index is 1030. The van der Waals surface area contributed by atoms with E-state index in [4.69, 9.17) is 23.8 Å². The highest BCUT2D eigenvalue weighted by Gasteiger charge is 2.13. The molecule has 27 heavy (non-hydrogen) atoms. The summed E-state index contributed by atoms with van der Waals surface area (Å²) < 4.78 is 0. The van der Waals surface area contributed by atoms with Crippen LogP contribution in [0.15, 0.2) is 47.3 Å².